The molecule has 0 heterocycles. The molecule has 0 radical (unpaired) electrons. The Balaban J connectivity index is 2.47. The second kappa shape index (κ2) is 5.59. The molecule has 1 atom stereocenters. The molecule has 0 aliphatic carbocycles. The van der Waals surface area contributed by atoms with Crippen LogP contribution >= 0.6 is 27.5 Å². The fourth-order valence-corrected chi connectivity index (χ4v) is 2.81. The Morgan fingerprint density at radius 2 is 1.63 bits per heavy atom. The van der Waals surface area contributed by atoms with Crippen LogP contribution in [0, 0.1) is 25.5 Å². The normalized spacial score (nSPS) is 12.5. The number of alkyl halides is 1. The van der Waals surface area contributed by atoms with Crippen molar-refractivity contribution in [1.29, 1.82) is 0 Å². The number of aryl methyl sites for hydroxylation is 2. The van der Waals surface area contributed by atoms with Crippen LogP contribution in [0.5, 0.6) is 0 Å². The zero-order valence-electron chi connectivity index (χ0n) is 10.5. The van der Waals surface area contributed by atoms with Gasteiger partial charge in [0.05, 0.1) is 4.83 Å². The molecule has 0 N–H and O–H groups in total. The predicted molar refractivity (Wildman–Crippen MR) is 78.1 cm³/mol. The largest absolute Gasteiger partial charge is 0.207 e. The third-order valence-corrected chi connectivity index (χ3v) is 4.24. The van der Waals surface area contributed by atoms with Crippen LogP contribution in [0.3, 0.4) is 0 Å². The fourth-order valence-electron chi connectivity index (χ4n) is 2.01. The average molecular weight is 346 g/mol. The molecule has 4 heteroatoms. The van der Waals surface area contributed by atoms with Crippen molar-refractivity contribution in [2.24, 2.45) is 0 Å². The molecule has 2 rings (SSSR count). The number of rotatable bonds is 2. The minimum atomic E-state index is -0.381. The van der Waals surface area contributed by atoms with Gasteiger partial charge < -0.3 is 0 Å². The maximum Gasteiger partial charge on any atom is 0.129 e. The van der Waals surface area contributed by atoms with Gasteiger partial charge in [0.2, 0.25) is 0 Å². The summed E-state index contributed by atoms with van der Waals surface area (Å²) in [5, 5.41) is 0.354. The van der Waals surface area contributed by atoms with E-state index in [9.17, 15) is 8.78 Å². The van der Waals surface area contributed by atoms with Gasteiger partial charge in [-0.2, -0.15) is 0 Å². The van der Waals surface area contributed by atoms with Crippen LogP contribution in [0.1, 0.15) is 27.1 Å². The van der Waals surface area contributed by atoms with Gasteiger partial charge in [0.25, 0.3) is 0 Å². The van der Waals surface area contributed by atoms with Crippen molar-refractivity contribution in [3.63, 3.8) is 0 Å². The highest BCUT2D eigenvalue weighted by Gasteiger charge is 2.17. The van der Waals surface area contributed by atoms with E-state index < -0.39 is 0 Å². The summed E-state index contributed by atoms with van der Waals surface area (Å²) >= 11 is 9.19. The summed E-state index contributed by atoms with van der Waals surface area (Å²) in [7, 11) is 0. The van der Waals surface area contributed by atoms with Crippen molar-refractivity contribution in [3.05, 3.63) is 69.2 Å². The smallest absolute Gasteiger partial charge is 0.129 e. The first-order chi connectivity index (χ1) is 8.90. The second-order valence-electron chi connectivity index (χ2n) is 4.50. The molecule has 0 amide bonds. The lowest BCUT2D eigenvalue weighted by molar-refractivity contribution is 0.606. The number of hydrogen-bond acceptors (Lipinski definition) is 0. The van der Waals surface area contributed by atoms with Crippen LogP contribution in [0.15, 0.2) is 30.3 Å². The number of hydrogen-bond donors (Lipinski definition) is 0. The van der Waals surface area contributed by atoms with Crippen LogP contribution < -0.4 is 0 Å². The monoisotopic (exact) mass is 344 g/mol. The molecule has 0 fully saturated rings. The first kappa shape index (κ1) is 14.5. The molecule has 0 saturated heterocycles. The summed E-state index contributed by atoms with van der Waals surface area (Å²) in [6, 6.07) is 7.97. The summed E-state index contributed by atoms with van der Waals surface area (Å²) in [4.78, 5) is -0.331. The zero-order chi connectivity index (χ0) is 14.2. The van der Waals surface area contributed by atoms with Crippen LogP contribution in [0.2, 0.25) is 5.02 Å². The Labute approximate surface area is 124 Å². The van der Waals surface area contributed by atoms with Gasteiger partial charge in [0, 0.05) is 10.6 Å². The van der Waals surface area contributed by atoms with E-state index in [0.29, 0.717) is 21.7 Å². The highest BCUT2D eigenvalue weighted by Crippen LogP contribution is 2.34. The fraction of sp³-hybridized carbons (Fsp3) is 0.200. The molecule has 0 aliphatic heterocycles. The van der Waals surface area contributed by atoms with E-state index in [1.807, 2.05) is 0 Å². The number of benzene rings is 2. The SMILES string of the molecule is Cc1cc(C(Br)c2ccc(Cl)cc2F)cc(C)c1F. The maximum atomic E-state index is 13.9. The average Bonchev–Trinajstić information content (AvgIpc) is 2.34. The Kier molecular flexibility index (Phi) is 4.26. The van der Waals surface area contributed by atoms with Gasteiger partial charge in [-0.25, -0.2) is 8.78 Å². The first-order valence-electron chi connectivity index (χ1n) is 5.76. The standard InChI is InChI=1S/C15H12BrClF2/c1-8-5-10(6-9(2)15(8)19)14(16)12-4-3-11(17)7-13(12)18/h3-7,14H,1-2H3. The third kappa shape index (κ3) is 2.98. The highest BCUT2D eigenvalue weighted by atomic mass is 79.9. The van der Waals surface area contributed by atoms with E-state index in [0.717, 1.165) is 5.56 Å². The Hall–Kier alpha value is -0.930. The lowest BCUT2D eigenvalue weighted by Gasteiger charge is -2.14. The lowest BCUT2D eigenvalue weighted by Crippen LogP contribution is -1.99. The molecular weight excluding hydrogens is 334 g/mol. The van der Waals surface area contributed by atoms with E-state index in [-0.39, 0.29) is 16.5 Å². The van der Waals surface area contributed by atoms with Gasteiger partial charge in [-0.15, -0.1) is 0 Å². The predicted octanol–water partition coefficient (Wildman–Crippen LogP) is 5.72. The summed E-state index contributed by atoms with van der Waals surface area (Å²) in [6.07, 6.45) is 0. The van der Waals surface area contributed by atoms with Crippen molar-refractivity contribution in [3.8, 4) is 0 Å². The molecule has 0 nitrogen and oxygen atoms in total. The topological polar surface area (TPSA) is 0 Å². The number of halogens is 4. The second-order valence-corrected chi connectivity index (χ2v) is 5.85. The van der Waals surface area contributed by atoms with Crippen molar-refractivity contribution in [2.75, 3.05) is 0 Å². The summed E-state index contributed by atoms with van der Waals surface area (Å²) in [5.74, 6) is -0.603. The van der Waals surface area contributed by atoms with Gasteiger partial charge in [-0.3, -0.25) is 0 Å². The van der Waals surface area contributed by atoms with Gasteiger partial charge in [-0.1, -0.05) is 45.7 Å². The van der Waals surface area contributed by atoms with Crippen LogP contribution in [0.25, 0.3) is 0 Å². The maximum absolute atomic E-state index is 13.9. The van der Waals surface area contributed by atoms with Gasteiger partial charge in [0.1, 0.15) is 11.6 Å². The van der Waals surface area contributed by atoms with Gasteiger partial charge in [0.15, 0.2) is 0 Å². The summed E-state index contributed by atoms with van der Waals surface area (Å²) in [5.41, 5.74) is 2.40. The summed E-state index contributed by atoms with van der Waals surface area (Å²) in [6.45, 7) is 3.40. The van der Waals surface area contributed by atoms with E-state index in [1.165, 1.54) is 6.07 Å². The molecule has 2 aromatic rings. The zero-order valence-corrected chi connectivity index (χ0v) is 12.8. The van der Waals surface area contributed by atoms with Crippen molar-refractivity contribution < 1.29 is 8.78 Å². The van der Waals surface area contributed by atoms with E-state index >= 15 is 0 Å². The summed E-state index contributed by atoms with van der Waals surface area (Å²) < 4.78 is 27.5. The molecule has 0 bridgehead atoms. The quantitative estimate of drug-likeness (QED) is 0.611. The molecule has 100 valence electrons. The molecule has 2 aromatic carbocycles. The molecule has 19 heavy (non-hydrogen) atoms. The molecule has 0 saturated carbocycles. The minimum Gasteiger partial charge on any atom is -0.207 e. The first-order valence-corrected chi connectivity index (χ1v) is 7.05. The van der Waals surface area contributed by atoms with Crippen molar-refractivity contribution >= 4 is 27.5 Å². The molecule has 0 spiro atoms. The molecular formula is C15H12BrClF2. The molecule has 0 aromatic heterocycles. The van der Waals surface area contributed by atoms with E-state index in [4.69, 9.17) is 11.6 Å². The van der Waals surface area contributed by atoms with Gasteiger partial charge in [-0.05, 0) is 42.7 Å². The third-order valence-electron chi connectivity index (χ3n) is 2.99. The van der Waals surface area contributed by atoms with Gasteiger partial charge >= 0.3 is 0 Å². The van der Waals surface area contributed by atoms with E-state index in [2.05, 4.69) is 15.9 Å². The Bertz CT molecular complexity index is 603. The Morgan fingerprint density at radius 1 is 1.05 bits per heavy atom. The van der Waals surface area contributed by atoms with Crippen molar-refractivity contribution in [1.82, 2.24) is 0 Å². The minimum absolute atomic E-state index is 0.222. The Morgan fingerprint density at radius 3 is 2.16 bits per heavy atom. The highest BCUT2D eigenvalue weighted by molar-refractivity contribution is 9.09. The van der Waals surface area contributed by atoms with Crippen LogP contribution in [-0.4, -0.2) is 0 Å². The van der Waals surface area contributed by atoms with Crippen LogP contribution in [-0.2, 0) is 0 Å². The van der Waals surface area contributed by atoms with Crippen molar-refractivity contribution in [2.45, 2.75) is 18.7 Å². The molecule has 1 unspecified atom stereocenters. The van der Waals surface area contributed by atoms with Crippen LogP contribution in [0.4, 0.5) is 8.78 Å². The molecule has 0 aliphatic rings. The van der Waals surface area contributed by atoms with E-state index in [1.54, 1.807) is 38.1 Å². The lowest BCUT2D eigenvalue weighted by atomic mass is 10.00.